The summed E-state index contributed by atoms with van der Waals surface area (Å²) in [5, 5.41) is 10.2. The Morgan fingerprint density at radius 3 is 2.75 bits per heavy atom. The quantitative estimate of drug-likeness (QED) is 0.776. The van der Waals surface area contributed by atoms with Crippen LogP contribution in [0.4, 0.5) is 0 Å². The average molecular weight is 281 g/mol. The van der Waals surface area contributed by atoms with Gasteiger partial charge in [-0.25, -0.2) is 4.63 Å². The summed E-state index contributed by atoms with van der Waals surface area (Å²) in [4.78, 5) is 27.3. The van der Waals surface area contributed by atoms with Crippen molar-refractivity contribution in [2.75, 3.05) is 26.7 Å². The van der Waals surface area contributed by atoms with Gasteiger partial charge in [0.25, 0.3) is 0 Å². The Hall–Kier alpha value is -1.96. The third-order valence-electron chi connectivity index (χ3n) is 3.57. The smallest absolute Gasteiger partial charge is 0.239 e. The molecule has 8 heteroatoms. The number of hydrogen-bond acceptors (Lipinski definition) is 6. The minimum atomic E-state index is -0.340. The van der Waals surface area contributed by atoms with E-state index in [9.17, 15) is 9.59 Å². The molecule has 0 radical (unpaired) electrons. The second-order valence-corrected chi connectivity index (χ2v) is 4.98. The Bertz CT molecular complexity index is 501. The maximum Gasteiger partial charge on any atom is 0.239 e. The van der Waals surface area contributed by atoms with E-state index in [0.717, 1.165) is 0 Å². The van der Waals surface area contributed by atoms with Crippen LogP contribution in [0.1, 0.15) is 18.3 Å². The molecule has 0 unspecified atom stereocenters. The summed E-state index contributed by atoms with van der Waals surface area (Å²) in [7, 11) is 1.88. The number of rotatable bonds is 3. The lowest BCUT2D eigenvalue weighted by atomic mass is 10.1. The zero-order valence-corrected chi connectivity index (χ0v) is 11.9. The molecular weight excluding hydrogens is 262 g/mol. The minimum Gasteiger partial charge on any atom is -0.349 e. The van der Waals surface area contributed by atoms with Crippen LogP contribution in [-0.4, -0.2) is 64.7 Å². The summed E-state index contributed by atoms with van der Waals surface area (Å²) >= 11 is 0. The molecule has 1 atom stereocenters. The number of nitrogens with one attached hydrogen (secondary N) is 1. The predicted molar refractivity (Wildman–Crippen MR) is 69.6 cm³/mol. The van der Waals surface area contributed by atoms with Crippen molar-refractivity contribution in [3.8, 4) is 0 Å². The monoisotopic (exact) mass is 281 g/mol. The molecule has 110 valence electrons. The van der Waals surface area contributed by atoms with Crippen LogP contribution in [0.2, 0.25) is 0 Å². The second-order valence-electron chi connectivity index (χ2n) is 4.98. The highest BCUT2D eigenvalue weighted by Gasteiger charge is 2.31. The van der Waals surface area contributed by atoms with Crippen LogP contribution in [-0.2, 0) is 16.1 Å². The molecule has 0 aromatic carbocycles. The Morgan fingerprint density at radius 1 is 1.40 bits per heavy atom. The second kappa shape index (κ2) is 6.00. The van der Waals surface area contributed by atoms with Crippen LogP contribution in [0.5, 0.6) is 0 Å². The van der Waals surface area contributed by atoms with Crippen molar-refractivity contribution in [3.05, 3.63) is 11.4 Å². The minimum absolute atomic E-state index is 0.00699. The van der Waals surface area contributed by atoms with Gasteiger partial charge in [-0.15, -0.1) is 0 Å². The van der Waals surface area contributed by atoms with Crippen molar-refractivity contribution in [1.29, 1.82) is 0 Å². The topological polar surface area (TPSA) is 91.6 Å². The lowest BCUT2D eigenvalue weighted by Crippen LogP contribution is -2.58. The van der Waals surface area contributed by atoms with Crippen LogP contribution in [0, 0.1) is 6.92 Å². The van der Waals surface area contributed by atoms with Crippen LogP contribution in [0.15, 0.2) is 4.63 Å². The highest BCUT2D eigenvalue weighted by atomic mass is 16.6. The molecule has 1 aromatic heterocycles. The molecule has 0 bridgehead atoms. The van der Waals surface area contributed by atoms with Gasteiger partial charge in [-0.1, -0.05) is 10.3 Å². The molecule has 0 saturated carbocycles. The van der Waals surface area contributed by atoms with Gasteiger partial charge in [0.15, 0.2) is 0 Å². The van der Waals surface area contributed by atoms with Crippen LogP contribution in [0.25, 0.3) is 0 Å². The number of carbonyl (C=O) groups excluding carboxylic acids is 2. The summed E-state index contributed by atoms with van der Waals surface area (Å²) < 4.78 is 4.58. The Labute approximate surface area is 117 Å². The third-order valence-corrected chi connectivity index (χ3v) is 3.57. The highest BCUT2D eigenvalue weighted by Crippen LogP contribution is 2.09. The van der Waals surface area contributed by atoms with E-state index in [1.54, 1.807) is 11.8 Å². The first-order chi connectivity index (χ1) is 9.49. The number of piperazine rings is 1. The van der Waals surface area contributed by atoms with Gasteiger partial charge < -0.3 is 10.2 Å². The number of carbonyl (C=O) groups is 2. The van der Waals surface area contributed by atoms with E-state index in [2.05, 4.69) is 20.3 Å². The van der Waals surface area contributed by atoms with Gasteiger partial charge in [0.2, 0.25) is 11.8 Å². The number of amides is 2. The fourth-order valence-corrected chi connectivity index (χ4v) is 2.14. The van der Waals surface area contributed by atoms with Gasteiger partial charge in [-0.05, 0) is 14.0 Å². The largest absolute Gasteiger partial charge is 0.349 e. The van der Waals surface area contributed by atoms with E-state index < -0.39 is 0 Å². The van der Waals surface area contributed by atoms with Crippen molar-refractivity contribution in [2.24, 2.45) is 0 Å². The van der Waals surface area contributed by atoms with Gasteiger partial charge >= 0.3 is 0 Å². The molecule has 8 nitrogen and oxygen atoms in total. The summed E-state index contributed by atoms with van der Waals surface area (Å²) in [6.07, 6.45) is 0. The molecule has 1 aromatic rings. The van der Waals surface area contributed by atoms with E-state index in [1.807, 2.05) is 11.9 Å². The van der Waals surface area contributed by atoms with Crippen LogP contribution < -0.4 is 5.32 Å². The summed E-state index contributed by atoms with van der Waals surface area (Å²) in [5.74, 6) is -0.131. The fourth-order valence-electron chi connectivity index (χ4n) is 2.14. The first-order valence-corrected chi connectivity index (χ1v) is 6.50. The van der Waals surface area contributed by atoms with Gasteiger partial charge in [-0.2, -0.15) is 0 Å². The maximum absolute atomic E-state index is 12.2. The highest BCUT2D eigenvalue weighted by molar-refractivity contribution is 5.83. The number of aromatic nitrogens is 2. The normalized spacial score (nSPS) is 19.9. The van der Waals surface area contributed by atoms with Crippen LogP contribution in [0.3, 0.4) is 0 Å². The number of likely N-dealkylation sites (N-methyl/N-ethyl adjacent to an activating group) is 1. The maximum atomic E-state index is 12.2. The van der Waals surface area contributed by atoms with Crippen LogP contribution >= 0.6 is 0 Å². The van der Waals surface area contributed by atoms with E-state index in [-0.39, 0.29) is 24.4 Å². The molecule has 2 rings (SSSR count). The first kappa shape index (κ1) is 14.4. The van der Waals surface area contributed by atoms with Crippen molar-refractivity contribution in [1.82, 2.24) is 25.4 Å². The van der Waals surface area contributed by atoms with Crippen molar-refractivity contribution >= 4 is 11.8 Å². The zero-order valence-electron chi connectivity index (χ0n) is 11.9. The Kier molecular flexibility index (Phi) is 4.33. The van der Waals surface area contributed by atoms with Gasteiger partial charge in [0.05, 0.1) is 6.54 Å². The molecule has 2 heterocycles. The van der Waals surface area contributed by atoms with E-state index in [4.69, 9.17) is 0 Å². The van der Waals surface area contributed by atoms with E-state index in [1.165, 1.54) is 6.92 Å². The van der Waals surface area contributed by atoms with E-state index >= 15 is 0 Å². The zero-order chi connectivity index (χ0) is 14.7. The molecule has 1 fully saturated rings. The molecule has 1 saturated heterocycles. The summed E-state index contributed by atoms with van der Waals surface area (Å²) in [6, 6.07) is -0.340. The lowest BCUT2D eigenvalue weighted by molar-refractivity contribution is -0.135. The fraction of sp³-hybridized carbons (Fsp3) is 0.667. The molecule has 20 heavy (non-hydrogen) atoms. The SMILES string of the molecule is CC(=O)N1CCN(C)[C@@H](C(=O)NCc2nonc2C)C1. The van der Waals surface area contributed by atoms with Gasteiger partial charge in [0.1, 0.15) is 17.4 Å². The van der Waals surface area contributed by atoms with Crippen molar-refractivity contribution < 1.29 is 14.2 Å². The predicted octanol–water partition coefficient (Wildman–Crippen LogP) is -0.843. The van der Waals surface area contributed by atoms with Gasteiger partial charge in [-0.3, -0.25) is 14.5 Å². The Balaban J connectivity index is 1.93. The summed E-state index contributed by atoms with van der Waals surface area (Å²) in [5.41, 5.74) is 1.27. The molecule has 1 aliphatic rings. The average Bonchev–Trinajstić information content (AvgIpc) is 2.81. The number of nitrogens with zero attached hydrogens (tertiary/aromatic N) is 4. The molecule has 0 spiro atoms. The molecule has 1 N–H and O–H groups in total. The van der Waals surface area contributed by atoms with E-state index in [0.29, 0.717) is 31.0 Å². The molecule has 0 aliphatic carbocycles. The van der Waals surface area contributed by atoms with Gasteiger partial charge in [0, 0.05) is 26.6 Å². The van der Waals surface area contributed by atoms with Crippen molar-refractivity contribution in [2.45, 2.75) is 26.4 Å². The summed E-state index contributed by atoms with van der Waals surface area (Å²) in [6.45, 7) is 5.31. The lowest BCUT2D eigenvalue weighted by Gasteiger charge is -2.38. The molecule has 2 amide bonds. The molecule has 1 aliphatic heterocycles. The Morgan fingerprint density at radius 2 is 2.15 bits per heavy atom. The first-order valence-electron chi connectivity index (χ1n) is 6.50. The third kappa shape index (κ3) is 3.13. The van der Waals surface area contributed by atoms with Crippen molar-refractivity contribution in [3.63, 3.8) is 0 Å². The number of aryl methyl sites for hydroxylation is 1. The molecular formula is C12H19N5O3. The standard InChI is InChI=1S/C12H19N5O3/c1-8-10(15-20-14-8)6-13-12(19)11-7-17(9(2)18)5-4-16(11)3/h11H,4-7H2,1-3H3,(H,13,19)/t11-/m1/s1. The number of hydrogen-bond donors (Lipinski definition) is 1.